The molecule has 0 radical (unpaired) electrons. The van der Waals surface area contributed by atoms with Crippen LogP contribution in [0.3, 0.4) is 0 Å². The van der Waals surface area contributed by atoms with Gasteiger partial charge in [0, 0.05) is 16.5 Å². The lowest BCUT2D eigenvalue weighted by atomic mass is 10.2. The van der Waals surface area contributed by atoms with Crippen molar-refractivity contribution in [3.63, 3.8) is 0 Å². The van der Waals surface area contributed by atoms with Gasteiger partial charge in [0.1, 0.15) is 12.2 Å². The number of terminal acetylenes is 1. The van der Waals surface area contributed by atoms with Gasteiger partial charge in [-0.3, -0.25) is 4.98 Å². The number of rotatable bonds is 4. The van der Waals surface area contributed by atoms with Crippen LogP contribution in [-0.4, -0.2) is 47.4 Å². The second kappa shape index (κ2) is 7.91. The van der Waals surface area contributed by atoms with E-state index in [0.717, 1.165) is 4.52 Å². The molecule has 4 aromatic rings. The summed E-state index contributed by atoms with van der Waals surface area (Å²) in [7, 11) is 0. The zero-order valence-corrected chi connectivity index (χ0v) is 16.0. The standard InChI is InChI=1S/C19H13F3N8O2/c1-2-10-4-3-5-12(6-10)25-16-27-14-11(7-13-15(31)28-18(32)26-13)8-24-30(14)17(29-16)23-9-19(20,21)22/h1,3-8,31H,9H2,(H,23,25,29)(H2,26,28,32). The van der Waals surface area contributed by atoms with Gasteiger partial charge in [0.2, 0.25) is 11.8 Å². The fourth-order valence-corrected chi connectivity index (χ4v) is 2.76. The summed E-state index contributed by atoms with van der Waals surface area (Å²) in [6.45, 7) is -1.48. The van der Waals surface area contributed by atoms with E-state index < -0.39 is 24.3 Å². The van der Waals surface area contributed by atoms with Crippen LogP contribution in [0.4, 0.5) is 24.8 Å². The lowest BCUT2D eigenvalue weighted by molar-refractivity contribution is -0.118. The first-order chi connectivity index (χ1) is 15.2. The molecule has 0 unspecified atom stereocenters. The Kier molecular flexibility index (Phi) is 5.11. The van der Waals surface area contributed by atoms with Crippen molar-refractivity contribution in [2.75, 3.05) is 11.9 Å². The molecule has 162 valence electrons. The molecule has 1 aromatic carbocycles. The van der Waals surface area contributed by atoms with E-state index in [1.807, 2.05) is 0 Å². The summed E-state index contributed by atoms with van der Waals surface area (Å²) in [4.78, 5) is 27.7. The number of aromatic nitrogens is 6. The van der Waals surface area contributed by atoms with Crippen molar-refractivity contribution >= 4 is 23.4 Å². The number of halogens is 3. The van der Waals surface area contributed by atoms with Gasteiger partial charge in [0.05, 0.1) is 6.20 Å². The summed E-state index contributed by atoms with van der Waals surface area (Å²) in [6, 6.07) is 6.69. The molecular formula is C19H13F3N8O2. The van der Waals surface area contributed by atoms with Crippen LogP contribution in [0.25, 0.3) is 11.7 Å². The molecule has 10 nitrogen and oxygen atoms in total. The van der Waals surface area contributed by atoms with E-state index in [9.17, 15) is 23.1 Å². The summed E-state index contributed by atoms with van der Waals surface area (Å²) in [5, 5.41) is 16.9. The van der Waals surface area contributed by atoms with E-state index in [1.165, 1.54) is 12.3 Å². The number of benzene rings is 1. The van der Waals surface area contributed by atoms with Crippen molar-refractivity contribution < 1.29 is 18.3 Å². The molecule has 4 rings (SSSR count). The molecule has 0 atom stereocenters. The van der Waals surface area contributed by atoms with E-state index in [2.05, 4.69) is 41.3 Å². The molecule has 4 N–H and O–H groups in total. The third kappa shape index (κ3) is 4.43. The quantitative estimate of drug-likeness (QED) is 0.342. The normalized spacial score (nSPS) is 12.9. The summed E-state index contributed by atoms with van der Waals surface area (Å²) in [5.74, 6) is 1.99. The first kappa shape index (κ1) is 20.7. The molecule has 3 heterocycles. The van der Waals surface area contributed by atoms with E-state index >= 15 is 0 Å². The summed E-state index contributed by atoms with van der Waals surface area (Å²) < 4.78 is 39.2. The number of hydrogen-bond donors (Lipinski definition) is 4. The lowest BCUT2D eigenvalue weighted by Crippen LogP contribution is -2.26. The molecule has 13 heteroatoms. The Morgan fingerprint density at radius 3 is 2.81 bits per heavy atom. The second-order valence-electron chi connectivity index (χ2n) is 6.45. The highest BCUT2D eigenvalue weighted by Gasteiger charge is 2.26. The number of imidazole rings is 1. The Labute approximate surface area is 176 Å². The number of hydrogen-bond acceptors (Lipinski definition) is 7. The van der Waals surface area contributed by atoms with Gasteiger partial charge in [-0.15, -0.1) is 6.42 Å². The van der Waals surface area contributed by atoms with Crippen molar-refractivity contribution in [3.8, 4) is 18.2 Å². The van der Waals surface area contributed by atoms with Crippen LogP contribution in [-0.2, 0) is 0 Å². The molecule has 32 heavy (non-hydrogen) atoms. The Morgan fingerprint density at radius 2 is 2.12 bits per heavy atom. The maximum absolute atomic E-state index is 12.7. The van der Waals surface area contributed by atoms with Gasteiger partial charge >= 0.3 is 11.9 Å². The SMILES string of the molecule is C#Cc1cccc(Nc2nc(=NCC(F)(F)F)n3ncc(=Cc4[nH]c(=O)[nH]c4O)c3n2)c1. The topological polar surface area (TPSA) is 136 Å². The number of fused-ring (bicyclic) bond motifs is 1. The number of anilines is 2. The molecule has 0 saturated carbocycles. The summed E-state index contributed by atoms with van der Waals surface area (Å²) >= 11 is 0. The minimum absolute atomic E-state index is 0.0357. The van der Waals surface area contributed by atoms with Gasteiger partial charge in [-0.25, -0.2) is 9.79 Å². The zero-order valence-electron chi connectivity index (χ0n) is 16.0. The third-order valence-corrected chi connectivity index (χ3v) is 4.10. The van der Waals surface area contributed by atoms with Crippen LogP contribution in [0.1, 0.15) is 11.3 Å². The molecule has 0 aliphatic heterocycles. The van der Waals surface area contributed by atoms with Crippen LogP contribution in [0, 0.1) is 12.3 Å². The summed E-state index contributed by atoms with van der Waals surface area (Å²) in [6.07, 6.45) is 3.47. The molecule has 0 spiro atoms. The minimum atomic E-state index is -4.55. The van der Waals surface area contributed by atoms with E-state index in [1.54, 1.807) is 24.3 Å². The first-order valence-corrected chi connectivity index (χ1v) is 8.91. The van der Waals surface area contributed by atoms with Crippen LogP contribution in [0.5, 0.6) is 5.88 Å². The van der Waals surface area contributed by atoms with Gasteiger partial charge in [-0.2, -0.15) is 32.8 Å². The van der Waals surface area contributed by atoms with Crippen LogP contribution in [0.15, 0.2) is 40.2 Å². The molecule has 0 amide bonds. The minimum Gasteiger partial charge on any atom is -0.493 e. The first-order valence-electron chi connectivity index (χ1n) is 8.91. The predicted molar refractivity (Wildman–Crippen MR) is 107 cm³/mol. The average molecular weight is 442 g/mol. The molecule has 0 saturated heterocycles. The van der Waals surface area contributed by atoms with Gasteiger partial charge in [-0.1, -0.05) is 12.0 Å². The molecule has 0 aliphatic carbocycles. The highest BCUT2D eigenvalue weighted by Crippen LogP contribution is 2.15. The average Bonchev–Trinajstić information content (AvgIpc) is 3.28. The molecule has 0 aliphatic rings. The van der Waals surface area contributed by atoms with Crippen LogP contribution in [0.2, 0.25) is 0 Å². The Balaban J connectivity index is 1.89. The number of H-pyrrole nitrogens is 2. The molecule has 0 fully saturated rings. The van der Waals surface area contributed by atoms with Crippen LogP contribution < -0.4 is 21.8 Å². The number of aromatic amines is 2. The second-order valence-corrected chi connectivity index (χ2v) is 6.45. The van der Waals surface area contributed by atoms with Crippen LogP contribution >= 0.6 is 0 Å². The van der Waals surface area contributed by atoms with Gasteiger partial charge < -0.3 is 15.4 Å². The fraction of sp³-hybridized carbons (Fsp3) is 0.105. The molecular weight excluding hydrogens is 429 g/mol. The predicted octanol–water partition coefficient (Wildman–Crippen LogP) is 0.582. The zero-order chi connectivity index (χ0) is 22.9. The van der Waals surface area contributed by atoms with Crippen molar-refractivity contribution in [1.82, 2.24) is 29.5 Å². The Morgan fingerprint density at radius 1 is 1.31 bits per heavy atom. The smallest absolute Gasteiger partial charge is 0.408 e. The Hall–Kier alpha value is -4.60. The van der Waals surface area contributed by atoms with Gasteiger partial charge in [-0.05, 0) is 24.3 Å². The van der Waals surface area contributed by atoms with Gasteiger partial charge in [0.25, 0.3) is 5.62 Å². The van der Waals surface area contributed by atoms with Crippen molar-refractivity contribution in [2.45, 2.75) is 6.18 Å². The largest absolute Gasteiger partial charge is 0.493 e. The van der Waals surface area contributed by atoms with E-state index in [-0.39, 0.29) is 28.1 Å². The monoisotopic (exact) mass is 442 g/mol. The highest BCUT2D eigenvalue weighted by molar-refractivity contribution is 5.60. The molecule has 3 aromatic heterocycles. The van der Waals surface area contributed by atoms with Crippen molar-refractivity contribution in [1.29, 1.82) is 0 Å². The summed E-state index contributed by atoms with van der Waals surface area (Å²) in [5.41, 5.74) is 0.199. The third-order valence-electron chi connectivity index (χ3n) is 4.10. The Bertz CT molecular complexity index is 1530. The number of nitrogens with one attached hydrogen (secondary N) is 3. The maximum Gasteiger partial charge on any atom is 0.408 e. The number of nitrogens with zero attached hydrogens (tertiary/aromatic N) is 5. The van der Waals surface area contributed by atoms with E-state index in [4.69, 9.17) is 6.42 Å². The maximum atomic E-state index is 12.7. The number of aromatic hydroxyl groups is 1. The number of alkyl halides is 3. The highest BCUT2D eigenvalue weighted by atomic mass is 19.4. The lowest BCUT2D eigenvalue weighted by Gasteiger charge is -2.06. The molecule has 0 bridgehead atoms. The van der Waals surface area contributed by atoms with E-state index in [0.29, 0.717) is 11.3 Å². The van der Waals surface area contributed by atoms with Crippen molar-refractivity contribution in [3.05, 3.63) is 63.0 Å². The van der Waals surface area contributed by atoms with Crippen molar-refractivity contribution in [2.24, 2.45) is 4.99 Å². The van der Waals surface area contributed by atoms with Gasteiger partial charge in [0.15, 0.2) is 5.65 Å². The fourth-order valence-electron chi connectivity index (χ4n) is 2.76.